The number of nitrogens with zero attached hydrogens (tertiary/aromatic N) is 3. The van der Waals surface area contributed by atoms with Crippen molar-refractivity contribution in [3.8, 4) is 11.5 Å². The van der Waals surface area contributed by atoms with Crippen LogP contribution >= 0.6 is 0 Å². The fourth-order valence-electron chi connectivity index (χ4n) is 4.49. The number of non-ortho nitro benzene ring substituents is 1. The Bertz CT molecular complexity index is 1590. The highest BCUT2D eigenvalue weighted by atomic mass is 19.2. The zero-order valence-corrected chi connectivity index (χ0v) is 21.0. The lowest BCUT2D eigenvalue weighted by molar-refractivity contribution is -0.384. The molecule has 0 aromatic heterocycles. The molecule has 0 radical (unpaired) electrons. The lowest BCUT2D eigenvalue weighted by Crippen LogP contribution is -2.53. The first-order valence-electron chi connectivity index (χ1n) is 12.0. The van der Waals surface area contributed by atoms with E-state index in [1.807, 2.05) is 0 Å². The number of benzene rings is 4. The van der Waals surface area contributed by atoms with Gasteiger partial charge in [0.2, 0.25) is 0 Å². The Hall–Kier alpha value is -5.32. The average Bonchev–Trinajstić information content (AvgIpc) is 2.96. The highest BCUT2D eigenvalue weighted by molar-refractivity contribution is 6.04. The number of para-hydroxylation sites is 1. The summed E-state index contributed by atoms with van der Waals surface area (Å²) in [7, 11) is 1.53. The molecule has 0 saturated carbocycles. The summed E-state index contributed by atoms with van der Waals surface area (Å²) >= 11 is 0. The maximum atomic E-state index is 14.3. The van der Waals surface area contributed by atoms with Crippen LogP contribution < -0.4 is 14.4 Å². The van der Waals surface area contributed by atoms with Gasteiger partial charge in [-0.05, 0) is 53.6 Å². The van der Waals surface area contributed by atoms with Crippen LogP contribution in [0.3, 0.4) is 0 Å². The van der Waals surface area contributed by atoms with Crippen molar-refractivity contribution in [2.45, 2.75) is 12.6 Å². The van der Waals surface area contributed by atoms with Gasteiger partial charge in [0.05, 0.1) is 30.3 Å². The number of ether oxygens (including phenoxy) is 2. The zero-order chi connectivity index (χ0) is 28.4. The number of methoxy groups -OCH3 is 1. The van der Waals surface area contributed by atoms with Gasteiger partial charge in [-0.2, -0.15) is 0 Å². The minimum absolute atomic E-state index is 0.0481. The van der Waals surface area contributed by atoms with Crippen molar-refractivity contribution in [3.05, 3.63) is 129 Å². The fourth-order valence-corrected chi connectivity index (χ4v) is 4.49. The van der Waals surface area contributed by atoms with Crippen LogP contribution in [-0.4, -0.2) is 29.1 Å². The van der Waals surface area contributed by atoms with E-state index in [0.29, 0.717) is 17.0 Å². The Morgan fingerprint density at radius 3 is 2.25 bits per heavy atom. The molecule has 5 rings (SSSR count). The summed E-state index contributed by atoms with van der Waals surface area (Å²) in [6, 6.07) is 19.8. The number of fused-ring (bicyclic) bond motifs is 1. The monoisotopic (exact) mass is 545 g/mol. The van der Waals surface area contributed by atoms with Gasteiger partial charge in [0.15, 0.2) is 11.6 Å². The number of halogens is 2. The summed E-state index contributed by atoms with van der Waals surface area (Å²) in [6.07, 6.45) is -1.11. The molecule has 11 heteroatoms. The predicted molar refractivity (Wildman–Crippen MR) is 140 cm³/mol. The van der Waals surface area contributed by atoms with E-state index in [-0.39, 0.29) is 23.5 Å². The number of imide groups is 1. The molecule has 0 fully saturated rings. The van der Waals surface area contributed by atoms with Gasteiger partial charge in [-0.3, -0.25) is 15.0 Å². The minimum Gasteiger partial charge on any atom is -0.497 e. The first kappa shape index (κ1) is 26.3. The Morgan fingerprint density at radius 1 is 0.925 bits per heavy atom. The summed E-state index contributed by atoms with van der Waals surface area (Å²) in [5, 5.41) is 11.0. The maximum absolute atomic E-state index is 14.3. The second kappa shape index (κ2) is 10.8. The minimum atomic E-state index is -1.16. The van der Waals surface area contributed by atoms with E-state index < -0.39 is 34.7 Å². The van der Waals surface area contributed by atoms with Gasteiger partial charge in [-0.15, -0.1) is 0 Å². The van der Waals surface area contributed by atoms with Gasteiger partial charge in [0, 0.05) is 17.7 Å². The van der Waals surface area contributed by atoms with Crippen LogP contribution in [0.25, 0.3) is 0 Å². The van der Waals surface area contributed by atoms with Crippen molar-refractivity contribution < 1.29 is 32.8 Å². The molecule has 1 atom stereocenters. The second-order valence-corrected chi connectivity index (χ2v) is 8.84. The van der Waals surface area contributed by atoms with Crippen LogP contribution in [0, 0.1) is 21.7 Å². The lowest BCUT2D eigenvalue weighted by Gasteiger charge is -2.41. The first-order valence-corrected chi connectivity index (χ1v) is 12.0. The molecular weight excluding hydrogens is 524 g/mol. The average molecular weight is 545 g/mol. The predicted octanol–water partition coefficient (Wildman–Crippen LogP) is 6.61. The smallest absolute Gasteiger partial charge is 0.424 e. The molecule has 1 aliphatic rings. The van der Waals surface area contributed by atoms with Crippen molar-refractivity contribution in [2.24, 2.45) is 0 Å². The number of nitro groups is 1. The zero-order valence-electron chi connectivity index (χ0n) is 21.0. The van der Waals surface area contributed by atoms with Gasteiger partial charge in [0.25, 0.3) is 5.69 Å². The number of nitro benzene ring substituents is 1. The van der Waals surface area contributed by atoms with Crippen LogP contribution in [0.4, 0.5) is 29.7 Å². The quantitative estimate of drug-likeness (QED) is 0.200. The van der Waals surface area contributed by atoms with Gasteiger partial charge in [-0.25, -0.2) is 23.3 Å². The van der Waals surface area contributed by atoms with Gasteiger partial charge < -0.3 is 9.47 Å². The number of rotatable bonds is 6. The van der Waals surface area contributed by atoms with Crippen molar-refractivity contribution >= 4 is 23.5 Å². The van der Waals surface area contributed by atoms with Crippen molar-refractivity contribution in [1.82, 2.24) is 4.90 Å². The largest absolute Gasteiger partial charge is 0.497 e. The third-order valence-corrected chi connectivity index (χ3v) is 6.43. The van der Waals surface area contributed by atoms with Crippen molar-refractivity contribution in [3.63, 3.8) is 0 Å². The molecule has 40 heavy (non-hydrogen) atoms. The Labute approximate surface area is 226 Å². The number of hydrogen-bond donors (Lipinski definition) is 0. The molecule has 0 spiro atoms. The van der Waals surface area contributed by atoms with Crippen LogP contribution in [0.5, 0.6) is 11.5 Å². The molecule has 0 aliphatic carbocycles. The van der Waals surface area contributed by atoms with E-state index >= 15 is 0 Å². The van der Waals surface area contributed by atoms with Gasteiger partial charge in [0.1, 0.15) is 11.5 Å². The standard InChI is InChI=1S/C29H21F2N3O6/c1-39-21-11-6-18(7-12-21)17-32-26-5-3-2-4-23(26)27(19-8-15-24(30)25(31)16-19)33(28(32)35)29(36)40-22-13-9-20(10-14-22)34(37)38/h2-16,27H,17H2,1H3. The van der Waals surface area contributed by atoms with E-state index in [1.165, 1.54) is 30.2 Å². The summed E-state index contributed by atoms with van der Waals surface area (Å²) in [6.45, 7) is 0.0751. The number of amides is 3. The fraction of sp³-hybridized carbons (Fsp3) is 0.103. The third kappa shape index (κ3) is 5.04. The molecule has 1 heterocycles. The van der Waals surface area contributed by atoms with E-state index in [0.717, 1.165) is 34.7 Å². The summed E-state index contributed by atoms with van der Waals surface area (Å²) < 4.78 is 38.8. The van der Waals surface area contributed by atoms with Crippen LogP contribution in [0.2, 0.25) is 0 Å². The van der Waals surface area contributed by atoms with Crippen LogP contribution in [0.1, 0.15) is 22.7 Å². The molecule has 1 unspecified atom stereocenters. The Kier molecular flexibility index (Phi) is 7.11. The number of urea groups is 1. The van der Waals surface area contributed by atoms with Crippen molar-refractivity contribution in [2.75, 3.05) is 12.0 Å². The highest BCUT2D eigenvalue weighted by Crippen LogP contribution is 2.42. The van der Waals surface area contributed by atoms with E-state index in [1.54, 1.807) is 48.5 Å². The molecule has 4 aromatic rings. The number of carbonyl (C=O) groups is 2. The lowest BCUT2D eigenvalue weighted by atomic mass is 9.93. The molecule has 1 aliphatic heterocycles. The van der Waals surface area contributed by atoms with Gasteiger partial charge >= 0.3 is 12.1 Å². The van der Waals surface area contributed by atoms with E-state index in [4.69, 9.17) is 9.47 Å². The Morgan fingerprint density at radius 2 is 1.60 bits per heavy atom. The molecule has 9 nitrogen and oxygen atoms in total. The molecule has 202 valence electrons. The number of carbonyl (C=O) groups excluding carboxylic acids is 2. The molecule has 0 saturated heterocycles. The summed E-state index contributed by atoms with van der Waals surface area (Å²) in [5.74, 6) is -1.65. The second-order valence-electron chi connectivity index (χ2n) is 8.84. The first-order chi connectivity index (χ1) is 19.3. The SMILES string of the molecule is COc1ccc(CN2C(=O)N(C(=O)Oc3ccc([N+](=O)[O-])cc3)C(c3ccc(F)c(F)c3)c3ccccc32)cc1. The normalized spacial score (nSPS) is 14.5. The summed E-state index contributed by atoms with van der Waals surface area (Å²) in [5.41, 5.74) is 1.61. The molecule has 0 N–H and O–H groups in total. The molecule has 4 aromatic carbocycles. The molecule has 3 amide bonds. The van der Waals surface area contributed by atoms with Crippen LogP contribution in [-0.2, 0) is 6.54 Å². The van der Waals surface area contributed by atoms with E-state index in [2.05, 4.69) is 0 Å². The third-order valence-electron chi connectivity index (χ3n) is 6.43. The van der Waals surface area contributed by atoms with Crippen LogP contribution in [0.15, 0.2) is 91.0 Å². The maximum Gasteiger partial charge on any atom is 0.424 e. The topological polar surface area (TPSA) is 102 Å². The molecule has 0 bridgehead atoms. The number of hydrogen-bond acceptors (Lipinski definition) is 6. The summed E-state index contributed by atoms with van der Waals surface area (Å²) in [4.78, 5) is 40.1. The Balaban J connectivity index is 1.58. The number of anilines is 1. The van der Waals surface area contributed by atoms with E-state index in [9.17, 15) is 28.5 Å². The highest BCUT2D eigenvalue weighted by Gasteiger charge is 2.43. The van der Waals surface area contributed by atoms with Crippen molar-refractivity contribution in [1.29, 1.82) is 0 Å². The molecular formula is C29H21F2N3O6. The van der Waals surface area contributed by atoms with Gasteiger partial charge in [-0.1, -0.05) is 36.4 Å².